The molecule has 2 rings (SSSR count). The van der Waals surface area contributed by atoms with E-state index < -0.39 is 11.4 Å². The van der Waals surface area contributed by atoms with Crippen molar-refractivity contribution in [2.24, 2.45) is 5.41 Å². The fourth-order valence-electron chi connectivity index (χ4n) is 2.97. The molecule has 1 amide bonds. The summed E-state index contributed by atoms with van der Waals surface area (Å²) in [6, 6.07) is 5.19. The van der Waals surface area contributed by atoms with E-state index in [1.54, 1.807) is 12.1 Å². The van der Waals surface area contributed by atoms with Crippen LogP contribution in [0.15, 0.2) is 18.3 Å². The monoisotopic (exact) mass is 302 g/mol. The van der Waals surface area contributed by atoms with Crippen LogP contribution in [0.1, 0.15) is 44.1 Å². The van der Waals surface area contributed by atoms with Crippen LogP contribution in [-0.2, 0) is 9.59 Å². The maximum atomic E-state index is 12.1. The summed E-state index contributed by atoms with van der Waals surface area (Å²) >= 11 is 0. The Morgan fingerprint density at radius 1 is 1.36 bits per heavy atom. The van der Waals surface area contributed by atoms with Crippen molar-refractivity contribution >= 4 is 17.7 Å². The number of nitrogens with zero attached hydrogens (tertiary/aromatic N) is 2. The third kappa shape index (κ3) is 3.95. The van der Waals surface area contributed by atoms with Crippen molar-refractivity contribution < 1.29 is 14.7 Å². The quantitative estimate of drug-likeness (QED) is 0.690. The van der Waals surface area contributed by atoms with E-state index in [1.165, 1.54) is 6.20 Å². The Kier molecular flexibility index (Phi) is 4.94. The minimum Gasteiger partial charge on any atom is -0.481 e. The van der Waals surface area contributed by atoms with E-state index in [0.717, 1.165) is 25.7 Å². The first kappa shape index (κ1) is 15.8. The summed E-state index contributed by atoms with van der Waals surface area (Å²) in [4.78, 5) is 27.1. The molecule has 1 aromatic heterocycles. The van der Waals surface area contributed by atoms with Gasteiger partial charge < -0.3 is 5.11 Å². The number of hydrogen-bond donors (Lipinski definition) is 3. The van der Waals surface area contributed by atoms with Gasteiger partial charge in [-0.05, 0) is 30.4 Å². The van der Waals surface area contributed by atoms with Gasteiger partial charge in [0.1, 0.15) is 6.07 Å². The number of pyridine rings is 1. The molecule has 1 fully saturated rings. The van der Waals surface area contributed by atoms with Gasteiger partial charge in [-0.3, -0.25) is 20.4 Å². The summed E-state index contributed by atoms with van der Waals surface area (Å²) in [5, 5.41) is 18.0. The van der Waals surface area contributed by atoms with Gasteiger partial charge in [0.15, 0.2) is 5.82 Å². The lowest BCUT2D eigenvalue weighted by Gasteiger charge is -2.26. The lowest BCUT2D eigenvalue weighted by atomic mass is 9.79. The summed E-state index contributed by atoms with van der Waals surface area (Å²) in [6.07, 6.45) is 5.08. The molecule has 0 bridgehead atoms. The number of carbonyl (C=O) groups excluding carboxylic acids is 1. The summed E-state index contributed by atoms with van der Waals surface area (Å²) in [7, 11) is 0. The van der Waals surface area contributed by atoms with Crippen molar-refractivity contribution in [3.63, 3.8) is 0 Å². The molecule has 22 heavy (non-hydrogen) atoms. The zero-order valence-corrected chi connectivity index (χ0v) is 12.1. The summed E-state index contributed by atoms with van der Waals surface area (Å²) in [5.41, 5.74) is 5.00. The summed E-state index contributed by atoms with van der Waals surface area (Å²) < 4.78 is 0. The smallest absolute Gasteiger partial charge is 0.303 e. The van der Waals surface area contributed by atoms with Crippen molar-refractivity contribution in [3.05, 3.63) is 23.9 Å². The molecule has 116 valence electrons. The third-order valence-electron chi connectivity index (χ3n) is 3.97. The van der Waals surface area contributed by atoms with E-state index >= 15 is 0 Å². The highest BCUT2D eigenvalue weighted by atomic mass is 16.4. The molecule has 0 aromatic carbocycles. The van der Waals surface area contributed by atoms with Crippen LogP contribution in [0.2, 0.25) is 0 Å². The Hall–Kier alpha value is -2.62. The van der Waals surface area contributed by atoms with Crippen LogP contribution >= 0.6 is 0 Å². The van der Waals surface area contributed by atoms with Crippen molar-refractivity contribution in [1.29, 1.82) is 5.26 Å². The van der Waals surface area contributed by atoms with Crippen LogP contribution in [0.5, 0.6) is 0 Å². The molecule has 1 aromatic rings. The largest absolute Gasteiger partial charge is 0.481 e. The van der Waals surface area contributed by atoms with Crippen LogP contribution < -0.4 is 10.9 Å². The van der Waals surface area contributed by atoms with E-state index in [-0.39, 0.29) is 24.6 Å². The molecule has 0 radical (unpaired) electrons. The minimum absolute atomic E-state index is 0.00739. The molecule has 0 atom stereocenters. The van der Waals surface area contributed by atoms with Crippen LogP contribution in [0.3, 0.4) is 0 Å². The van der Waals surface area contributed by atoms with Gasteiger partial charge in [-0.1, -0.05) is 12.8 Å². The lowest BCUT2D eigenvalue weighted by molar-refractivity contribution is -0.140. The molecule has 0 saturated heterocycles. The van der Waals surface area contributed by atoms with Crippen molar-refractivity contribution in [1.82, 2.24) is 10.4 Å². The number of nitrogens with one attached hydrogen (secondary N) is 2. The number of carbonyl (C=O) groups is 2. The van der Waals surface area contributed by atoms with E-state index in [0.29, 0.717) is 5.56 Å². The highest BCUT2D eigenvalue weighted by Gasteiger charge is 2.37. The molecule has 1 saturated carbocycles. The number of aromatic nitrogens is 1. The van der Waals surface area contributed by atoms with E-state index in [9.17, 15) is 9.59 Å². The van der Waals surface area contributed by atoms with Crippen molar-refractivity contribution in [2.45, 2.75) is 38.5 Å². The molecule has 1 aliphatic carbocycles. The number of hydrogen-bond acceptors (Lipinski definition) is 5. The highest BCUT2D eigenvalue weighted by molar-refractivity contribution is 5.79. The number of anilines is 1. The first-order valence-electron chi connectivity index (χ1n) is 7.16. The van der Waals surface area contributed by atoms with Gasteiger partial charge in [-0.15, -0.1) is 0 Å². The lowest BCUT2D eigenvalue weighted by Crippen LogP contribution is -2.35. The Bertz CT molecular complexity index is 603. The molecular formula is C15H18N4O3. The predicted molar refractivity (Wildman–Crippen MR) is 78.5 cm³/mol. The summed E-state index contributed by atoms with van der Waals surface area (Å²) in [6.45, 7) is 0. The van der Waals surface area contributed by atoms with Gasteiger partial charge >= 0.3 is 5.97 Å². The molecule has 0 unspecified atom stereocenters. The van der Waals surface area contributed by atoms with Gasteiger partial charge in [-0.2, -0.15) is 5.26 Å². The zero-order chi connectivity index (χ0) is 16.0. The number of amides is 1. The second-order valence-corrected chi connectivity index (χ2v) is 5.64. The normalized spacial score (nSPS) is 15.8. The Balaban J connectivity index is 1.95. The van der Waals surface area contributed by atoms with Gasteiger partial charge in [-0.25, -0.2) is 4.98 Å². The van der Waals surface area contributed by atoms with E-state index in [2.05, 4.69) is 15.8 Å². The van der Waals surface area contributed by atoms with Crippen LogP contribution in [0, 0.1) is 16.7 Å². The van der Waals surface area contributed by atoms with Gasteiger partial charge in [0, 0.05) is 12.6 Å². The number of hydrazine groups is 1. The minimum atomic E-state index is -0.876. The van der Waals surface area contributed by atoms with Gasteiger partial charge in [0.05, 0.1) is 12.0 Å². The standard InChI is InChI=1S/C15H18N4O3/c16-10-11-4-3-7-17-14(11)19-18-12(20)8-15(9-13(21)22)5-1-2-6-15/h3-4,7H,1-2,5-6,8-9H2,(H,17,19)(H,18,20)(H,21,22). The second kappa shape index (κ2) is 6.89. The Morgan fingerprint density at radius 3 is 2.73 bits per heavy atom. The molecule has 1 aliphatic rings. The summed E-state index contributed by atoms with van der Waals surface area (Å²) in [5.74, 6) is -0.895. The Labute approximate surface area is 128 Å². The topological polar surface area (TPSA) is 115 Å². The van der Waals surface area contributed by atoms with Crippen molar-refractivity contribution in [3.8, 4) is 6.07 Å². The molecule has 0 spiro atoms. The first-order chi connectivity index (χ1) is 10.5. The number of carboxylic acid groups (broad SMARTS) is 1. The molecule has 7 nitrogen and oxygen atoms in total. The molecular weight excluding hydrogens is 284 g/mol. The van der Waals surface area contributed by atoms with Crippen LogP contribution in [0.4, 0.5) is 5.82 Å². The van der Waals surface area contributed by atoms with Gasteiger partial charge in [0.25, 0.3) is 0 Å². The third-order valence-corrected chi connectivity index (χ3v) is 3.97. The number of aliphatic carboxylic acids is 1. The van der Waals surface area contributed by atoms with Crippen LogP contribution in [-0.4, -0.2) is 22.0 Å². The second-order valence-electron chi connectivity index (χ2n) is 5.64. The maximum absolute atomic E-state index is 12.1. The fraction of sp³-hybridized carbons (Fsp3) is 0.467. The molecule has 3 N–H and O–H groups in total. The van der Waals surface area contributed by atoms with Gasteiger partial charge in [0.2, 0.25) is 5.91 Å². The van der Waals surface area contributed by atoms with Crippen molar-refractivity contribution in [2.75, 3.05) is 5.43 Å². The number of rotatable bonds is 6. The first-order valence-corrected chi connectivity index (χ1v) is 7.16. The zero-order valence-electron chi connectivity index (χ0n) is 12.1. The maximum Gasteiger partial charge on any atom is 0.303 e. The average Bonchev–Trinajstić information content (AvgIpc) is 2.92. The highest BCUT2D eigenvalue weighted by Crippen LogP contribution is 2.43. The average molecular weight is 302 g/mol. The van der Waals surface area contributed by atoms with Crippen LogP contribution in [0.25, 0.3) is 0 Å². The number of carboxylic acids is 1. The number of nitriles is 1. The molecule has 0 aliphatic heterocycles. The molecule has 7 heteroatoms. The predicted octanol–water partition coefficient (Wildman–Crippen LogP) is 1.82. The SMILES string of the molecule is N#Cc1cccnc1NNC(=O)CC1(CC(=O)O)CCCC1. The Morgan fingerprint density at radius 2 is 2.09 bits per heavy atom. The fourth-order valence-corrected chi connectivity index (χ4v) is 2.97. The molecule has 1 heterocycles. The van der Waals surface area contributed by atoms with E-state index in [4.69, 9.17) is 10.4 Å². The van der Waals surface area contributed by atoms with E-state index in [1.807, 2.05) is 6.07 Å².